The molecule has 8 atom stereocenters. The molecule has 1 saturated carbocycles. The second kappa shape index (κ2) is 10.1. The van der Waals surface area contributed by atoms with Gasteiger partial charge in [-0.2, -0.15) is 5.10 Å². The first-order chi connectivity index (χ1) is 16.6. The minimum absolute atomic E-state index is 0.0362. The van der Waals surface area contributed by atoms with Gasteiger partial charge in [0.1, 0.15) is 42.7 Å². The molecule has 0 spiro atoms. The number of benzene rings is 1. The topological polar surface area (TPSA) is 167 Å². The Morgan fingerprint density at radius 1 is 1.23 bits per heavy atom. The number of rotatable bonds is 7. The summed E-state index contributed by atoms with van der Waals surface area (Å²) in [5.74, 6) is -1.21. The van der Waals surface area contributed by atoms with Crippen LogP contribution in [0, 0.1) is 11.3 Å². The summed E-state index contributed by atoms with van der Waals surface area (Å²) in [6, 6.07) is 7.24. The van der Waals surface area contributed by atoms with Crippen molar-refractivity contribution in [1.82, 2.24) is 14.8 Å². The summed E-state index contributed by atoms with van der Waals surface area (Å²) in [5, 5.41) is 56.5. The van der Waals surface area contributed by atoms with E-state index in [-0.39, 0.29) is 18.9 Å². The highest BCUT2D eigenvalue weighted by atomic mass is 35.5. The van der Waals surface area contributed by atoms with Gasteiger partial charge >= 0.3 is 5.97 Å². The van der Waals surface area contributed by atoms with E-state index in [0.717, 1.165) is 5.56 Å². The number of hydrogen-bond acceptors (Lipinski definition) is 10. The predicted octanol–water partition coefficient (Wildman–Crippen LogP) is -0.335. The van der Waals surface area contributed by atoms with Crippen molar-refractivity contribution < 1.29 is 39.8 Å². The van der Waals surface area contributed by atoms with Crippen LogP contribution in [0.3, 0.4) is 0 Å². The third-order valence-corrected chi connectivity index (χ3v) is 7.66. The second-order valence-corrected chi connectivity index (χ2v) is 9.95. The highest BCUT2D eigenvalue weighted by molar-refractivity contribution is 6.30. The molecule has 11 nitrogen and oxygen atoms in total. The lowest BCUT2D eigenvalue weighted by molar-refractivity contribution is -0.297. The van der Waals surface area contributed by atoms with Gasteiger partial charge in [-0.25, -0.2) is 4.98 Å². The van der Waals surface area contributed by atoms with Crippen LogP contribution in [0.4, 0.5) is 0 Å². The fourth-order valence-corrected chi connectivity index (χ4v) is 5.21. The van der Waals surface area contributed by atoms with Crippen LogP contribution in [0.5, 0.6) is 0 Å². The molecule has 0 bridgehead atoms. The van der Waals surface area contributed by atoms with Crippen LogP contribution in [0.15, 0.2) is 36.9 Å². The van der Waals surface area contributed by atoms with E-state index in [9.17, 15) is 30.3 Å². The van der Waals surface area contributed by atoms with Gasteiger partial charge < -0.3 is 35.0 Å². The number of halogens is 1. The Labute approximate surface area is 206 Å². The molecule has 1 aromatic heterocycles. The number of esters is 1. The van der Waals surface area contributed by atoms with Crippen molar-refractivity contribution in [1.29, 1.82) is 0 Å². The number of aliphatic hydroxyl groups is 5. The van der Waals surface area contributed by atoms with E-state index in [0.29, 0.717) is 17.9 Å². The van der Waals surface area contributed by atoms with Gasteiger partial charge in [0.05, 0.1) is 18.6 Å². The van der Waals surface area contributed by atoms with Crippen LogP contribution >= 0.6 is 11.6 Å². The summed E-state index contributed by atoms with van der Waals surface area (Å²) in [5.41, 5.74) is -2.12. The van der Waals surface area contributed by atoms with E-state index in [2.05, 4.69) is 10.1 Å². The van der Waals surface area contributed by atoms with E-state index in [1.165, 1.54) is 17.3 Å². The quantitative estimate of drug-likeness (QED) is 0.310. The van der Waals surface area contributed by atoms with Crippen LogP contribution < -0.4 is 0 Å². The molecule has 0 amide bonds. The van der Waals surface area contributed by atoms with Gasteiger partial charge in [-0.15, -0.1) is 0 Å². The van der Waals surface area contributed by atoms with Crippen molar-refractivity contribution in [2.75, 3.05) is 6.61 Å². The first kappa shape index (κ1) is 26.0. The maximum Gasteiger partial charge on any atom is 0.317 e. The molecule has 2 fully saturated rings. The van der Waals surface area contributed by atoms with Crippen LogP contribution in [0.25, 0.3) is 0 Å². The molecule has 0 radical (unpaired) electrons. The minimum atomic E-state index is -1.74. The second-order valence-electron chi connectivity index (χ2n) is 9.52. The van der Waals surface area contributed by atoms with Gasteiger partial charge in [-0.3, -0.25) is 9.48 Å². The van der Waals surface area contributed by atoms with E-state index >= 15 is 0 Å². The molecule has 4 rings (SSSR count). The Morgan fingerprint density at radius 3 is 2.57 bits per heavy atom. The number of hydrogen-bond donors (Lipinski definition) is 5. The van der Waals surface area contributed by atoms with Crippen molar-refractivity contribution >= 4 is 17.6 Å². The zero-order valence-corrected chi connectivity index (χ0v) is 19.9. The number of ether oxygens (including phenoxy) is 2. The molecule has 192 valence electrons. The first-order valence-corrected chi connectivity index (χ1v) is 11.8. The molecular weight excluding hydrogens is 482 g/mol. The fourth-order valence-electron chi connectivity index (χ4n) is 5.09. The lowest BCUT2D eigenvalue weighted by Gasteiger charge is -2.43. The van der Waals surface area contributed by atoms with E-state index < -0.39 is 54.3 Å². The van der Waals surface area contributed by atoms with Crippen molar-refractivity contribution in [3.05, 3.63) is 47.5 Å². The molecule has 2 aromatic rings. The van der Waals surface area contributed by atoms with Gasteiger partial charge in [0.2, 0.25) is 6.29 Å². The average molecular weight is 512 g/mol. The van der Waals surface area contributed by atoms with Crippen LogP contribution in [-0.4, -0.2) is 89.2 Å². The van der Waals surface area contributed by atoms with Crippen molar-refractivity contribution in [3.63, 3.8) is 0 Å². The third-order valence-electron chi connectivity index (χ3n) is 7.41. The summed E-state index contributed by atoms with van der Waals surface area (Å²) in [7, 11) is 0. The molecular formula is C23H30ClN3O8. The lowest BCUT2D eigenvalue weighted by atomic mass is 9.71. The fraction of sp³-hybridized carbons (Fsp3) is 0.609. The summed E-state index contributed by atoms with van der Waals surface area (Å²) in [6.45, 7) is 0.888. The largest absolute Gasteiger partial charge is 0.432 e. The molecule has 5 N–H and O–H groups in total. The molecule has 1 aliphatic carbocycles. The van der Waals surface area contributed by atoms with Crippen molar-refractivity contribution in [2.45, 2.75) is 69.0 Å². The first-order valence-electron chi connectivity index (χ1n) is 11.4. The van der Waals surface area contributed by atoms with Gasteiger partial charge in [0.25, 0.3) is 0 Å². The van der Waals surface area contributed by atoms with E-state index in [4.69, 9.17) is 21.1 Å². The van der Waals surface area contributed by atoms with E-state index in [1.54, 1.807) is 19.1 Å². The van der Waals surface area contributed by atoms with Gasteiger partial charge in [0.15, 0.2) is 0 Å². The summed E-state index contributed by atoms with van der Waals surface area (Å²) >= 11 is 6.00. The minimum Gasteiger partial charge on any atom is -0.432 e. The molecule has 2 heterocycles. The summed E-state index contributed by atoms with van der Waals surface area (Å²) in [4.78, 5) is 17.4. The highest BCUT2D eigenvalue weighted by Crippen LogP contribution is 2.53. The van der Waals surface area contributed by atoms with Crippen LogP contribution in [0.2, 0.25) is 5.02 Å². The number of nitrogens with zero attached hydrogens (tertiary/aromatic N) is 3. The summed E-state index contributed by atoms with van der Waals surface area (Å²) in [6.07, 6.45) is -3.88. The monoisotopic (exact) mass is 511 g/mol. The number of carbonyl (C=O) groups excluding carboxylic acids is 1. The van der Waals surface area contributed by atoms with Gasteiger partial charge in [0, 0.05) is 5.02 Å². The Morgan fingerprint density at radius 2 is 1.94 bits per heavy atom. The molecule has 1 saturated heterocycles. The van der Waals surface area contributed by atoms with Crippen molar-refractivity contribution in [2.24, 2.45) is 11.3 Å². The Kier molecular flexibility index (Phi) is 7.49. The normalized spacial score (nSPS) is 37.3. The molecule has 1 aromatic carbocycles. The van der Waals surface area contributed by atoms with Gasteiger partial charge in [-0.1, -0.05) is 23.7 Å². The maximum atomic E-state index is 13.5. The van der Waals surface area contributed by atoms with Crippen LogP contribution in [0.1, 0.15) is 25.3 Å². The zero-order valence-electron chi connectivity index (χ0n) is 19.1. The maximum absolute atomic E-state index is 13.5. The third kappa shape index (κ3) is 4.82. The average Bonchev–Trinajstić information content (AvgIpc) is 3.43. The molecule has 1 aliphatic heterocycles. The molecule has 12 heteroatoms. The van der Waals surface area contributed by atoms with Crippen LogP contribution in [-0.2, 0) is 27.2 Å². The Bertz CT molecular complexity index is 1010. The smallest absolute Gasteiger partial charge is 0.317 e. The predicted molar refractivity (Wildman–Crippen MR) is 121 cm³/mol. The highest BCUT2D eigenvalue weighted by Gasteiger charge is 2.62. The number of aromatic nitrogens is 3. The Balaban J connectivity index is 1.60. The Hall–Kier alpha value is -2.12. The number of carbonyl (C=O) groups is 1. The molecule has 35 heavy (non-hydrogen) atoms. The molecule has 2 aliphatic rings. The standard InChI is InChI=1S/C23H30ClN3O8/c1-22(21(32)35-20-19(31)18(30)17(29)16(9-28)34-20)7-6-14(8-13-2-4-15(24)5-3-13)23(22,33)10-27-12-25-11-26-27/h2-5,11-12,14,16-20,28-31,33H,6-10H2,1H3/t14-,16-,17-,18+,19-,20+,22-,23+/m1/s1. The molecule has 0 unspecified atom stereocenters. The SMILES string of the molecule is C[C@]1(C(=O)O[C@@H]2O[C@H](CO)[C@@H](O)[C@H](O)[C@H]2O)CC[C@H](Cc2ccc(Cl)cc2)[C@@]1(O)Cn1cncn1. The lowest BCUT2D eigenvalue weighted by Crippen LogP contribution is -2.61. The van der Waals surface area contributed by atoms with Gasteiger partial charge in [-0.05, 0) is 49.8 Å². The zero-order chi connectivity index (χ0) is 25.4. The van der Waals surface area contributed by atoms with E-state index in [1.807, 2.05) is 12.1 Å². The number of aliphatic hydroxyl groups excluding tert-OH is 4. The summed E-state index contributed by atoms with van der Waals surface area (Å²) < 4.78 is 12.2. The van der Waals surface area contributed by atoms with Crippen molar-refractivity contribution in [3.8, 4) is 0 Å².